The molecule has 1 heterocycles. The number of hydrogen-bond donors (Lipinski definition) is 1. The zero-order valence-electron chi connectivity index (χ0n) is 11.6. The number of anilines is 1. The maximum Gasteiger partial charge on any atom is 0.160 e. The van der Waals surface area contributed by atoms with Crippen LogP contribution >= 0.6 is 0 Å². The van der Waals surface area contributed by atoms with Gasteiger partial charge < -0.3 is 10.5 Å². The van der Waals surface area contributed by atoms with Crippen molar-refractivity contribution in [3.05, 3.63) is 17.7 Å². The molecule has 4 nitrogen and oxygen atoms in total. The van der Waals surface area contributed by atoms with Crippen LogP contribution in [-0.4, -0.2) is 16.6 Å². The monoisotopic (exact) mass is 249 g/mol. The molecule has 1 aliphatic rings. The lowest BCUT2D eigenvalue weighted by atomic mass is 10.00. The van der Waals surface area contributed by atoms with Gasteiger partial charge in [-0.1, -0.05) is 13.8 Å². The number of rotatable bonds is 4. The zero-order chi connectivity index (χ0) is 13.2. The number of hydrogen-bond acceptors (Lipinski definition) is 4. The van der Waals surface area contributed by atoms with Crippen LogP contribution < -0.4 is 5.73 Å². The van der Waals surface area contributed by atoms with Crippen molar-refractivity contribution in [1.29, 1.82) is 0 Å². The molecule has 1 aromatic heterocycles. The van der Waals surface area contributed by atoms with Gasteiger partial charge in [0.15, 0.2) is 5.82 Å². The van der Waals surface area contributed by atoms with Crippen LogP contribution in [0.15, 0.2) is 6.20 Å². The summed E-state index contributed by atoms with van der Waals surface area (Å²) < 4.78 is 5.99. The molecule has 1 saturated carbocycles. The molecule has 4 heteroatoms. The minimum absolute atomic E-state index is 0.272. The van der Waals surface area contributed by atoms with Crippen molar-refractivity contribution in [3.63, 3.8) is 0 Å². The fraction of sp³-hybridized carbons (Fsp3) is 0.714. The Labute approximate surface area is 109 Å². The van der Waals surface area contributed by atoms with Crippen molar-refractivity contribution in [2.45, 2.75) is 58.0 Å². The molecule has 2 N–H and O–H groups in total. The van der Waals surface area contributed by atoms with Crippen LogP contribution in [0.4, 0.5) is 5.69 Å². The van der Waals surface area contributed by atoms with E-state index in [9.17, 15) is 0 Å². The van der Waals surface area contributed by atoms with E-state index in [0.29, 0.717) is 18.2 Å². The lowest BCUT2D eigenvalue weighted by Gasteiger charge is -2.28. The van der Waals surface area contributed by atoms with Crippen LogP contribution in [0.5, 0.6) is 0 Å². The van der Waals surface area contributed by atoms with Gasteiger partial charge in [-0.25, -0.2) is 9.97 Å². The van der Waals surface area contributed by atoms with Crippen LogP contribution in [0.1, 0.15) is 63.9 Å². The summed E-state index contributed by atoms with van der Waals surface area (Å²) in [5.74, 6) is 1.13. The molecule has 0 amide bonds. The highest BCUT2D eigenvalue weighted by Crippen LogP contribution is 2.41. The molecule has 0 atom stereocenters. The van der Waals surface area contributed by atoms with Crippen LogP contribution in [0.2, 0.25) is 0 Å². The van der Waals surface area contributed by atoms with E-state index in [1.807, 2.05) is 6.92 Å². The van der Waals surface area contributed by atoms with Gasteiger partial charge in [-0.2, -0.15) is 0 Å². The summed E-state index contributed by atoms with van der Waals surface area (Å²) in [5.41, 5.74) is 7.28. The van der Waals surface area contributed by atoms with E-state index in [1.165, 1.54) is 12.8 Å². The van der Waals surface area contributed by atoms with Gasteiger partial charge in [0.25, 0.3) is 0 Å². The number of nitrogen functional groups attached to an aromatic ring is 1. The summed E-state index contributed by atoms with van der Waals surface area (Å²) in [6, 6.07) is 0. The summed E-state index contributed by atoms with van der Waals surface area (Å²) in [5, 5.41) is 0. The molecule has 1 aliphatic carbocycles. The highest BCUT2D eigenvalue weighted by atomic mass is 16.5. The number of aromatic nitrogens is 2. The Kier molecular flexibility index (Phi) is 3.85. The molecule has 100 valence electrons. The van der Waals surface area contributed by atoms with Gasteiger partial charge in [0.1, 0.15) is 5.60 Å². The first-order valence-corrected chi connectivity index (χ1v) is 6.86. The zero-order valence-corrected chi connectivity index (χ0v) is 11.6. The first kappa shape index (κ1) is 13.3. The van der Waals surface area contributed by atoms with Crippen molar-refractivity contribution < 1.29 is 4.74 Å². The van der Waals surface area contributed by atoms with Crippen molar-refractivity contribution in [3.8, 4) is 0 Å². The van der Waals surface area contributed by atoms with Crippen molar-refractivity contribution >= 4 is 5.69 Å². The lowest BCUT2D eigenvalue weighted by molar-refractivity contribution is -0.0458. The average Bonchev–Trinajstić information content (AvgIpc) is 2.79. The van der Waals surface area contributed by atoms with Crippen LogP contribution in [0.25, 0.3) is 0 Å². The topological polar surface area (TPSA) is 61.0 Å². The molecule has 2 rings (SSSR count). The molecular formula is C14H23N3O. The summed E-state index contributed by atoms with van der Waals surface area (Å²) >= 11 is 0. The van der Waals surface area contributed by atoms with Gasteiger partial charge in [-0.3, -0.25) is 0 Å². The van der Waals surface area contributed by atoms with E-state index in [1.54, 1.807) is 6.20 Å². The Bertz CT molecular complexity index is 412. The molecule has 0 unspecified atom stereocenters. The summed E-state index contributed by atoms with van der Waals surface area (Å²) in [7, 11) is 0. The van der Waals surface area contributed by atoms with Gasteiger partial charge in [-0.15, -0.1) is 0 Å². The van der Waals surface area contributed by atoms with Crippen LogP contribution in [-0.2, 0) is 10.3 Å². The number of nitrogens with two attached hydrogens (primary N) is 1. The van der Waals surface area contributed by atoms with Crippen molar-refractivity contribution in [1.82, 2.24) is 9.97 Å². The van der Waals surface area contributed by atoms with Gasteiger partial charge in [-0.05, 0) is 38.5 Å². The second-order valence-corrected chi connectivity index (χ2v) is 5.32. The molecule has 0 aromatic carbocycles. The highest BCUT2D eigenvalue weighted by Gasteiger charge is 2.39. The lowest BCUT2D eigenvalue weighted by Crippen LogP contribution is -2.29. The molecule has 0 bridgehead atoms. The normalized spacial score (nSPS) is 18.4. The Morgan fingerprint density at radius 1 is 1.39 bits per heavy atom. The quantitative estimate of drug-likeness (QED) is 0.891. The Balaban J connectivity index is 2.39. The molecule has 0 radical (unpaired) electrons. The SMILES string of the molecule is CCOC1(c2ncc(N)c(C(C)C)n2)CCCC1. The number of nitrogens with zero attached hydrogens (tertiary/aromatic N) is 2. The van der Waals surface area contributed by atoms with Gasteiger partial charge in [0, 0.05) is 6.61 Å². The molecule has 1 fully saturated rings. The Morgan fingerprint density at radius 2 is 2.06 bits per heavy atom. The summed E-state index contributed by atoms with van der Waals surface area (Å²) in [4.78, 5) is 9.12. The molecule has 18 heavy (non-hydrogen) atoms. The molecule has 0 saturated heterocycles. The maximum atomic E-state index is 5.99. The first-order valence-electron chi connectivity index (χ1n) is 6.86. The van der Waals surface area contributed by atoms with E-state index in [-0.39, 0.29) is 5.60 Å². The fourth-order valence-electron chi connectivity index (χ4n) is 2.74. The predicted octanol–water partition coefficient (Wildman–Crippen LogP) is 2.99. The highest BCUT2D eigenvalue weighted by molar-refractivity contribution is 5.42. The summed E-state index contributed by atoms with van der Waals surface area (Å²) in [6.07, 6.45) is 6.14. The van der Waals surface area contributed by atoms with E-state index in [2.05, 4.69) is 23.8 Å². The second-order valence-electron chi connectivity index (χ2n) is 5.32. The van der Waals surface area contributed by atoms with Crippen LogP contribution in [0.3, 0.4) is 0 Å². The predicted molar refractivity (Wildman–Crippen MR) is 72.3 cm³/mol. The fourth-order valence-corrected chi connectivity index (χ4v) is 2.74. The van der Waals surface area contributed by atoms with E-state index in [4.69, 9.17) is 10.5 Å². The maximum absolute atomic E-state index is 5.99. The Hall–Kier alpha value is -1.16. The van der Waals surface area contributed by atoms with Gasteiger partial charge >= 0.3 is 0 Å². The number of ether oxygens (including phenoxy) is 1. The summed E-state index contributed by atoms with van der Waals surface area (Å²) in [6.45, 7) is 6.93. The van der Waals surface area contributed by atoms with E-state index < -0.39 is 0 Å². The van der Waals surface area contributed by atoms with Gasteiger partial charge in [0.2, 0.25) is 0 Å². The van der Waals surface area contributed by atoms with E-state index in [0.717, 1.165) is 24.4 Å². The first-order chi connectivity index (χ1) is 8.59. The van der Waals surface area contributed by atoms with Crippen molar-refractivity contribution in [2.24, 2.45) is 0 Å². The smallest absolute Gasteiger partial charge is 0.160 e. The largest absolute Gasteiger partial charge is 0.396 e. The molecule has 1 aromatic rings. The third kappa shape index (κ3) is 2.34. The van der Waals surface area contributed by atoms with Crippen LogP contribution in [0, 0.1) is 0 Å². The molecular weight excluding hydrogens is 226 g/mol. The third-order valence-electron chi connectivity index (χ3n) is 3.63. The second kappa shape index (κ2) is 5.22. The standard InChI is InChI=1S/C14H23N3O/c1-4-18-14(7-5-6-8-14)13-16-9-11(15)12(17-13)10(2)3/h9-10H,4-8,15H2,1-3H3. The minimum atomic E-state index is -0.272. The average molecular weight is 249 g/mol. The minimum Gasteiger partial charge on any atom is -0.396 e. The Morgan fingerprint density at radius 3 is 2.61 bits per heavy atom. The van der Waals surface area contributed by atoms with Gasteiger partial charge in [0.05, 0.1) is 17.6 Å². The molecule has 0 aliphatic heterocycles. The van der Waals surface area contributed by atoms with E-state index >= 15 is 0 Å². The van der Waals surface area contributed by atoms with Crippen molar-refractivity contribution in [2.75, 3.05) is 12.3 Å². The third-order valence-corrected chi connectivity index (χ3v) is 3.63. The molecule has 0 spiro atoms.